The number of benzene rings is 1. The lowest BCUT2D eigenvalue weighted by atomic mass is 10.2. The average molecular weight is 356 g/mol. The van der Waals surface area contributed by atoms with Gasteiger partial charge in [0, 0.05) is 32.3 Å². The van der Waals surface area contributed by atoms with Crippen molar-refractivity contribution in [2.75, 3.05) is 12.4 Å². The molecule has 0 atom stereocenters. The van der Waals surface area contributed by atoms with Crippen molar-refractivity contribution in [3.63, 3.8) is 0 Å². The number of nitrogens with one attached hydrogen (secondary N) is 1. The Morgan fingerprint density at radius 1 is 1.27 bits per heavy atom. The van der Waals surface area contributed by atoms with Crippen LogP contribution in [-0.4, -0.2) is 33.5 Å². The Balaban J connectivity index is 1.72. The number of halogens is 1. The first-order valence-corrected chi connectivity index (χ1v) is 7.83. The Bertz CT molecular complexity index is 934. The van der Waals surface area contributed by atoms with E-state index in [2.05, 4.69) is 10.4 Å². The Labute approximate surface area is 149 Å². The third-order valence-corrected chi connectivity index (χ3v) is 3.80. The van der Waals surface area contributed by atoms with Crippen LogP contribution in [0.15, 0.2) is 53.1 Å². The van der Waals surface area contributed by atoms with Gasteiger partial charge in [-0.05, 0) is 18.2 Å². The summed E-state index contributed by atoms with van der Waals surface area (Å²) < 4.78 is 20.2. The summed E-state index contributed by atoms with van der Waals surface area (Å²) >= 11 is 0. The fraction of sp³-hybridized carbons (Fsp3) is 0.167. The maximum Gasteiger partial charge on any atom is 0.292 e. The summed E-state index contributed by atoms with van der Waals surface area (Å²) in [7, 11) is 3.16. The number of aryl methyl sites for hydroxylation is 1. The van der Waals surface area contributed by atoms with Crippen molar-refractivity contribution >= 4 is 17.6 Å². The van der Waals surface area contributed by atoms with E-state index in [1.165, 1.54) is 34.0 Å². The third-order valence-electron chi connectivity index (χ3n) is 3.80. The van der Waals surface area contributed by atoms with Crippen molar-refractivity contribution in [1.82, 2.24) is 14.7 Å². The largest absolute Gasteiger partial charge is 0.459 e. The first-order valence-electron chi connectivity index (χ1n) is 7.83. The molecule has 0 saturated heterocycles. The van der Waals surface area contributed by atoms with Gasteiger partial charge in [-0.3, -0.25) is 14.3 Å². The highest BCUT2D eigenvalue weighted by Gasteiger charge is 2.19. The molecule has 0 aliphatic heterocycles. The van der Waals surface area contributed by atoms with Gasteiger partial charge in [0.15, 0.2) is 11.5 Å². The summed E-state index contributed by atoms with van der Waals surface area (Å²) in [5.74, 6) is -0.719. The number of rotatable bonds is 5. The number of carbonyl (C=O) groups excluding carboxylic acids is 2. The standard InChI is InChI=1S/C18H17FN4O3/c1-22(11-12-6-3-4-7-13(12)19)18(25)14-10-16(23(2)21-14)20-17(24)15-8-5-9-26-15/h3-10H,11H2,1-2H3,(H,20,24). The zero-order valence-electron chi connectivity index (χ0n) is 14.3. The van der Waals surface area contributed by atoms with E-state index < -0.39 is 5.91 Å². The summed E-state index contributed by atoms with van der Waals surface area (Å²) in [6.45, 7) is 0.107. The van der Waals surface area contributed by atoms with Crippen molar-refractivity contribution < 1.29 is 18.4 Å². The maximum absolute atomic E-state index is 13.7. The average Bonchev–Trinajstić information content (AvgIpc) is 3.27. The van der Waals surface area contributed by atoms with Crippen LogP contribution in [-0.2, 0) is 13.6 Å². The molecule has 8 heteroatoms. The molecule has 0 aliphatic rings. The minimum Gasteiger partial charge on any atom is -0.459 e. The summed E-state index contributed by atoms with van der Waals surface area (Å²) in [6, 6.07) is 10.8. The molecule has 134 valence electrons. The van der Waals surface area contributed by atoms with Gasteiger partial charge in [0.25, 0.3) is 11.8 Å². The zero-order valence-corrected chi connectivity index (χ0v) is 14.3. The minimum absolute atomic E-state index is 0.107. The molecule has 3 rings (SSSR count). The minimum atomic E-state index is -0.447. The van der Waals surface area contributed by atoms with E-state index in [1.54, 1.807) is 38.4 Å². The zero-order chi connectivity index (χ0) is 18.7. The van der Waals surface area contributed by atoms with Gasteiger partial charge in [-0.15, -0.1) is 0 Å². The molecule has 26 heavy (non-hydrogen) atoms. The van der Waals surface area contributed by atoms with E-state index in [0.29, 0.717) is 11.4 Å². The molecule has 2 heterocycles. The third kappa shape index (κ3) is 3.64. The molecule has 0 bridgehead atoms. The Morgan fingerprint density at radius 2 is 2.04 bits per heavy atom. The lowest BCUT2D eigenvalue weighted by Gasteiger charge is -2.16. The second-order valence-corrected chi connectivity index (χ2v) is 5.72. The highest BCUT2D eigenvalue weighted by molar-refractivity contribution is 6.02. The summed E-state index contributed by atoms with van der Waals surface area (Å²) in [5, 5.41) is 6.74. The molecular weight excluding hydrogens is 339 g/mol. The number of amides is 2. The molecule has 0 radical (unpaired) electrons. The maximum atomic E-state index is 13.7. The molecule has 3 aromatic rings. The number of hydrogen-bond acceptors (Lipinski definition) is 4. The summed E-state index contributed by atoms with van der Waals surface area (Å²) in [5.41, 5.74) is 0.548. The lowest BCUT2D eigenvalue weighted by molar-refractivity contribution is 0.0777. The topological polar surface area (TPSA) is 80.4 Å². The van der Waals surface area contributed by atoms with Crippen LogP contribution in [0.3, 0.4) is 0 Å². The van der Waals surface area contributed by atoms with Crippen LogP contribution in [0.25, 0.3) is 0 Å². The van der Waals surface area contributed by atoms with Gasteiger partial charge in [-0.1, -0.05) is 18.2 Å². The van der Waals surface area contributed by atoms with Crippen LogP contribution in [0.4, 0.5) is 10.2 Å². The van der Waals surface area contributed by atoms with Crippen LogP contribution in [0.1, 0.15) is 26.6 Å². The van der Waals surface area contributed by atoms with Crippen LogP contribution >= 0.6 is 0 Å². The quantitative estimate of drug-likeness (QED) is 0.762. The molecule has 0 unspecified atom stereocenters. The van der Waals surface area contributed by atoms with E-state index in [9.17, 15) is 14.0 Å². The van der Waals surface area contributed by atoms with Crippen LogP contribution < -0.4 is 5.32 Å². The van der Waals surface area contributed by atoms with Gasteiger partial charge in [-0.25, -0.2) is 4.39 Å². The predicted octanol–water partition coefficient (Wildman–Crippen LogP) is 2.68. The number of nitrogens with zero attached hydrogens (tertiary/aromatic N) is 3. The first kappa shape index (κ1) is 17.4. The van der Waals surface area contributed by atoms with Gasteiger partial charge in [0.1, 0.15) is 11.6 Å². The molecule has 1 aromatic carbocycles. The van der Waals surface area contributed by atoms with Crippen molar-refractivity contribution in [3.05, 3.63) is 71.6 Å². The molecule has 7 nitrogen and oxygen atoms in total. The number of hydrogen-bond donors (Lipinski definition) is 1. The molecule has 2 amide bonds. The molecule has 0 spiro atoms. The van der Waals surface area contributed by atoms with Crippen molar-refractivity contribution in [2.24, 2.45) is 7.05 Å². The monoisotopic (exact) mass is 356 g/mol. The highest BCUT2D eigenvalue weighted by atomic mass is 19.1. The van der Waals surface area contributed by atoms with Gasteiger partial charge < -0.3 is 14.6 Å². The van der Waals surface area contributed by atoms with Crippen molar-refractivity contribution in [2.45, 2.75) is 6.54 Å². The SMILES string of the molecule is CN(Cc1ccccc1F)C(=O)c1cc(NC(=O)c2ccco2)n(C)n1. The molecule has 2 aromatic heterocycles. The lowest BCUT2D eigenvalue weighted by Crippen LogP contribution is -2.27. The summed E-state index contributed by atoms with van der Waals surface area (Å²) in [4.78, 5) is 25.9. The highest BCUT2D eigenvalue weighted by Crippen LogP contribution is 2.15. The van der Waals surface area contributed by atoms with Crippen molar-refractivity contribution in [3.8, 4) is 0 Å². The first-order chi connectivity index (χ1) is 12.5. The van der Waals surface area contributed by atoms with Gasteiger partial charge in [-0.2, -0.15) is 5.10 Å². The second-order valence-electron chi connectivity index (χ2n) is 5.72. The van der Waals surface area contributed by atoms with Gasteiger partial charge in [0.2, 0.25) is 0 Å². The Morgan fingerprint density at radius 3 is 2.73 bits per heavy atom. The number of furan rings is 1. The van der Waals surface area contributed by atoms with Crippen molar-refractivity contribution in [1.29, 1.82) is 0 Å². The van der Waals surface area contributed by atoms with Gasteiger partial charge >= 0.3 is 0 Å². The number of carbonyl (C=O) groups is 2. The van der Waals surface area contributed by atoms with E-state index >= 15 is 0 Å². The fourth-order valence-corrected chi connectivity index (χ4v) is 2.42. The molecule has 0 saturated carbocycles. The van der Waals surface area contributed by atoms with E-state index in [4.69, 9.17) is 4.42 Å². The molecular formula is C18H17FN4O3. The van der Waals surface area contributed by atoms with Gasteiger partial charge in [0.05, 0.1) is 6.26 Å². The van der Waals surface area contributed by atoms with Crippen LogP contribution in [0.2, 0.25) is 0 Å². The van der Waals surface area contributed by atoms with Crippen LogP contribution in [0, 0.1) is 5.82 Å². The Hall–Kier alpha value is -3.42. The predicted molar refractivity (Wildman–Crippen MR) is 92.1 cm³/mol. The molecule has 1 N–H and O–H groups in total. The second kappa shape index (κ2) is 7.22. The van der Waals surface area contributed by atoms with E-state index in [-0.39, 0.29) is 29.7 Å². The van der Waals surface area contributed by atoms with Crippen LogP contribution in [0.5, 0.6) is 0 Å². The number of aromatic nitrogens is 2. The number of anilines is 1. The Kier molecular flexibility index (Phi) is 4.83. The normalized spacial score (nSPS) is 10.6. The fourth-order valence-electron chi connectivity index (χ4n) is 2.42. The molecule has 0 aliphatic carbocycles. The smallest absolute Gasteiger partial charge is 0.292 e. The van der Waals surface area contributed by atoms with E-state index in [0.717, 1.165) is 0 Å². The molecule has 0 fully saturated rings. The van der Waals surface area contributed by atoms with E-state index in [1.807, 2.05) is 0 Å². The summed E-state index contributed by atoms with van der Waals surface area (Å²) in [6.07, 6.45) is 1.39.